The topological polar surface area (TPSA) is 19.7 Å². The van der Waals surface area contributed by atoms with Gasteiger partial charge in [0.15, 0.2) is 0 Å². The molecule has 0 bridgehead atoms. The lowest BCUT2D eigenvalue weighted by Crippen LogP contribution is -2.41. The van der Waals surface area contributed by atoms with Crippen LogP contribution in [0.15, 0.2) is 12.4 Å². The van der Waals surface area contributed by atoms with Gasteiger partial charge >= 0.3 is 0 Å². The van der Waals surface area contributed by atoms with Crippen molar-refractivity contribution >= 4 is 0 Å². The molecule has 2 unspecified atom stereocenters. The van der Waals surface area contributed by atoms with Crippen molar-refractivity contribution in [3.63, 3.8) is 0 Å². The van der Waals surface area contributed by atoms with Gasteiger partial charge in [-0.2, -0.15) is 0 Å². The normalized spacial score (nSPS) is 13.2. The lowest BCUT2D eigenvalue weighted by atomic mass is 9.93. The largest absolute Gasteiger partial charge is 0.257 e. The highest BCUT2D eigenvalue weighted by Crippen LogP contribution is 2.27. The van der Waals surface area contributed by atoms with E-state index >= 15 is 0 Å². The summed E-state index contributed by atoms with van der Waals surface area (Å²) in [6, 6.07) is 0.621. The van der Waals surface area contributed by atoms with Crippen LogP contribution in [0.5, 0.6) is 0 Å². The molecule has 0 fully saturated rings. The number of imidazole rings is 1. The van der Waals surface area contributed by atoms with Gasteiger partial charge in [-0.05, 0) is 32.6 Å². The van der Waals surface area contributed by atoms with Gasteiger partial charge in [-0.3, -0.25) is 0 Å². The van der Waals surface area contributed by atoms with Gasteiger partial charge in [0.05, 0.1) is 12.0 Å². The summed E-state index contributed by atoms with van der Waals surface area (Å²) in [5.41, 5.74) is 0. The monoisotopic (exact) mass is 546 g/mol. The van der Waals surface area contributed by atoms with Crippen LogP contribution in [0.2, 0.25) is 0 Å². The molecule has 0 radical (unpaired) electrons. The van der Waals surface area contributed by atoms with Crippen LogP contribution in [-0.2, 0) is 0 Å². The molecule has 0 aliphatic carbocycles. The molecule has 2 heteroatoms. The maximum atomic E-state index is 3.71. The zero-order chi connectivity index (χ0) is 28.2. The molecule has 1 heterocycles. The predicted molar refractivity (Wildman–Crippen MR) is 175 cm³/mol. The van der Waals surface area contributed by atoms with E-state index in [-0.39, 0.29) is 0 Å². The third-order valence-electron chi connectivity index (χ3n) is 9.14. The molecule has 1 aromatic heterocycles. The van der Waals surface area contributed by atoms with Crippen LogP contribution in [0.25, 0.3) is 0 Å². The van der Waals surface area contributed by atoms with Crippen LogP contribution >= 0.6 is 0 Å². The molecule has 0 saturated carbocycles. The van der Waals surface area contributed by atoms with Crippen molar-refractivity contribution in [2.75, 3.05) is 0 Å². The van der Waals surface area contributed by atoms with Gasteiger partial charge in [0, 0.05) is 0 Å². The number of H-pyrrole nitrogens is 1. The number of nitrogens with zero attached hydrogens (tertiary/aromatic N) is 1. The van der Waals surface area contributed by atoms with Gasteiger partial charge in [0.25, 0.3) is 5.82 Å². The summed E-state index contributed by atoms with van der Waals surface area (Å²) < 4.78 is 2.62. The average Bonchev–Trinajstić information content (AvgIpc) is 3.44. The lowest BCUT2D eigenvalue weighted by Gasteiger charge is -2.17. The molecule has 1 aromatic rings. The molecule has 0 amide bonds. The molecular weight excluding hydrogens is 472 g/mol. The van der Waals surface area contributed by atoms with Crippen molar-refractivity contribution in [2.45, 2.75) is 219 Å². The second-order valence-corrected chi connectivity index (χ2v) is 12.9. The maximum absolute atomic E-state index is 3.71. The molecule has 0 aliphatic rings. The minimum absolute atomic E-state index is 0.621. The van der Waals surface area contributed by atoms with E-state index in [1.54, 1.807) is 0 Å². The van der Waals surface area contributed by atoms with Crippen LogP contribution in [-0.4, -0.2) is 4.98 Å². The fourth-order valence-electron chi connectivity index (χ4n) is 6.43. The fourth-order valence-corrected chi connectivity index (χ4v) is 6.43. The zero-order valence-electron chi connectivity index (χ0n) is 27.6. The number of rotatable bonds is 30. The van der Waals surface area contributed by atoms with Crippen molar-refractivity contribution in [1.29, 1.82) is 0 Å². The van der Waals surface area contributed by atoms with Crippen molar-refractivity contribution in [3.05, 3.63) is 18.2 Å². The Morgan fingerprint density at radius 1 is 0.487 bits per heavy atom. The van der Waals surface area contributed by atoms with Gasteiger partial charge < -0.3 is 0 Å². The van der Waals surface area contributed by atoms with Crippen molar-refractivity contribution in [3.8, 4) is 0 Å². The standard InChI is InChI=1S/C37H72N2/c1-5-8-11-14-16-18-19-20-21-22-23-25-27-30-35(4)39-34-33-38-37(39)36(31-28-13-10-7-3)32-29-26-24-17-15-12-9-6-2/h33-36H,5-32H2,1-4H3/p+1. The molecule has 1 N–H and O–H groups in total. The molecule has 230 valence electrons. The van der Waals surface area contributed by atoms with E-state index in [9.17, 15) is 0 Å². The van der Waals surface area contributed by atoms with Crippen LogP contribution in [0.1, 0.15) is 225 Å². The number of unbranched alkanes of at least 4 members (excludes halogenated alkanes) is 22. The summed E-state index contributed by atoms with van der Waals surface area (Å²) in [4.78, 5) is 3.71. The first-order valence-electron chi connectivity index (χ1n) is 18.3. The van der Waals surface area contributed by atoms with E-state index in [0.717, 1.165) is 0 Å². The van der Waals surface area contributed by atoms with Gasteiger partial charge in [-0.15, -0.1) is 0 Å². The van der Waals surface area contributed by atoms with Crippen molar-refractivity contribution in [2.24, 2.45) is 0 Å². The Hall–Kier alpha value is -0.790. The van der Waals surface area contributed by atoms with E-state index < -0.39 is 0 Å². The van der Waals surface area contributed by atoms with Gasteiger partial charge in [0.1, 0.15) is 12.4 Å². The predicted octanol–water partition coefficient (Wildman–Crippen LogP) is 12.9. The minimum Gasteiger partial charge on any atom is -0.247 e. The maximum Gasteiger partial charge on any atom is 0.257 e. The van der Waals surface area contributed by atoms with E-state index in [4.69, 9.17) is 0 Å². The van der Waals surface area contributed by atoms with Crippen molar-refractivity contribution in [1.82, 2.24) is 4.98 Å². The van der Waals surface area contributed by atoms with E-state index in [0.29, 0.717) is 12.0 Å². The fraction of sp³-hybridized carbons (Fsp3) is 0.919. The second-order valence-electron chi connectivity index (χ2n) is 12.9. The highest BCUT2D eigenvalue weighted by Gasteiger charge is 2.25. The Labute approximate surface area is 246 Å². The number of nitrogens with one attached hydrogen (secondary N) is 1. The molecule has 2 atom stereocenters. The van der Waals surface area contributed by atoms with Gasteiger partial charge in [-0.1, -0.05) is 175 Å². The number of aromatic nitrogens is 2. The summed E-state index contributed by atoms with van der Waals surface area (Å²) in [6.07, 6.45) is 44.2. The van der Waals surface area contributed by atoms with Crippen molar-refractivity contribution < 1.29 is 4.57 Å². The summed E-state index contributed by atoms with van der Waals surface area (Å²) in [5, 5.41) is 0. The molecule has 0 saturated heterocycles. The lowest BCUT2D eigenvalue weighted by molar-refractivity contribution is -0.727. The molecule has 39 heavy (non-hydrogen) atoms. The smallest absolute Gasteiger partial charge is 0.247 e. The number of hydrogen-bond donors (Lipinski definition) is 1. The molecule has 1 rings (SSSR count). The van der Waals surface area contributed by atoms with Crippen LogP contribution < -0.4 is 4.57 Å². The third-order valence-corrected chi connectivity index (χ3v) is 9.14. The Bertz CT molecular complexity index is 606. The Morgan fingerprint density at radius 2 is 0.821 bits per heavy atom. The third kappa shape index (κ3) is 19.8. The summed E-state index contributed by atoms with van der Waals surface area (Å²) in [7, 11) is 0. The second kappa shape index (κ2) is 27.4. The first-order valence-corrected chi connectivity index (χ1v) is 18.3. The molecule has 0 spiro atoms. The minimum atomic E-state index is 0.621. The van der Waals surface area contributed by atoms with Crippen LogP contribution in [0, 0.1) is 0 Å². The SMILES string of the molecule is CCCCCCCCCCCCCCCC(C)[n+]1cc[nH]c1C(CCCCCC)CCCCCCCCCC. The van der Waals surface area contributed by atoms with Crippen LogP contribution in [0.4, 0.5) is 0 Å². The van der Waals surface area contributed by atoms with Crippen LogP contribution in [0.3, 0.4) is 0 Å². The zero-order valence-corrected chi connectivity index (χ0v) is 27.6. The van der Waals surface area contributed by atoms with E-state index in [1.165, 1.54) is 186 Å². The van der Waals surface area contributed by atoms with Gasteiger partial charge in [0.2, 0.25) is 0 Å². The summed E-state index contributed by atoms with van der Waals surface area (Å²) in [6.45, 7) is 9.41. The Kier molecular flexibility index (Phi) is 25.4. The molecular formula is C37H73N2+. The number of hydrogen-bond acceptors (Lipinski definition) is 0. The van der Waals surface area contributed by atoms with Gasteiger partial charge in [-0.25, -0.2) is 9.55 Å². The molecule has 0 aliphatic heterocycles. The highest BCUT2D eigenvalue weighted by molar-refractivity contribution is 4.90. The quantitative estimate of drug-likeness (QED) is 0.0732. The highest BCUT2D eigenvalue weighted by atomic mass is 15.1. The first kappa shape index (κ1) is 36.2. The average molecular weight is 546 g/mol. The Morgan fingerprint density at radius 3 is 1.23 bits per heavy atom. The molecule has 0 aromatic carbocycles. The summed E-state index contributed by atoms with van der Waals surface area (Å²) >= 11 is 0. The first-order chi connectivity index (χ1) is 19.2. The van der Waals surface area contributed by atoms with E-state index in [2.05, 4.69) is 49.6 Å². The Balaban J connectivity index is 2.31. The van der Waals surface area contributed by atoms with E-state index in [1.807, 2.05) is 0 Å². The number of aromatic amines is 1. The summed E-state index contributed by atoms with van der Waals surface area (Å²) in [5.74, 6) is 2.24. The molecule has 2 nitrogen and oxygen atoms in total.